The minimum Gasteiger partial charge on any atom is -0.465 e. The average Bonchev–Trinajstić information content (AvgIpc) is 2.31. The number of carbonyl (C=O) groups is 1. The Morgan fingerprint density at radius 2 is 1.61 bits per heavy atom. The van der Waals surface area contributed by atoms with Crippen molar-refractivity contribution in [3.05, 3.63) is 34.4 Å². The number of hydrogen-bond acceptors (Lipinski definition) is 3. The van der Waals surface area contributed by atoms with Crippen LogP contribution in [0, 0.1) is 23.3 Å². The van der Waals surface area contributed by atoms with Gasteiger partial charge in [0, 0.05) is 12.0 Å². The van der Waals surface area contributed by atoms with Gasteiger partial charge in [0.05, 0.1) is 13.2 Å². The van der Waals surface area contributed by atoms with Gasteiger partial charge in [-0.3, -0.25) is 0 Å². The van der Waals surface area contributed by atoms with E-state index in [9.17, 15) is 22.4 Å². The molecule has 100 valence electrons. The number of carbonyl (C=O) groups excluding carboxylic acids is 1. The van der Waals surface area contributed by atoms with E-state index in [1.807, 2.05) is 0 Å². The third-order valence-electron chi connectivity index (χ3n) is 2.24. The summed E-state index contributed by atoms with van der Waals surface area (Å²) in [6, 6.07) is 0. The summed E-state index contributed by atoms with van der Waals surface area (Å²) in [6.07, 6.45) is -1.82. The summed E-state index contributed by atoms with van der Waals surface area (Å²) in [6.45, 7) is 1.20. The minimum atomic E-state index is -1.84. The first-order valence-electron chi connectivity index (χ1n) is 4.92. The molecule has 1 N–H and O–H groups in total. The monoisotopic (exact) mass is 266 g/mol. The van der Waals surface area contributed by atoms with Crippen LogP contribution < -0.4 is 0 Å². The van der Waals surface area contributed by atoms with Crippen LogP contribution in [0.5, 0.6) is 0 Å². The molecule has 0 radical (unpaired) electrons. The predicted molar refractivity (Wildman–Crippen MR) is 53.0 cm³/mol. The second-order valence-electron chi connectivity index (χ2n) is 3.65. The van der Waals surface area contributed by atoms with Crippen LogP contribution in [0.15, 0.2) is 0 Å². The summed E-state index contributed by atoms with van der Waals surface area (Å²) in [5.74, 6) is -8.62. The minimum absolute atomic E-state index is 0.618. The third kappa shape index (κ3) is 2.45. The molecule has 0 amide bonds. The molecule has 0 aromatic heterocycles. The molecule has 0 spiro atoms. The van der Waals surface area contributed by atoms with Crippen molar-refractivity contribution in [3.8, 4) is 0 Å². The van der Waals surface area contributed by atoms with Crippen LogP contribution in [0.2, 0.25) is 0 Å². The number of halogens is 4. The maximum atomic E-state index is 13.5. The van der Waals surface area contributed by atoms with Crippen molar-refractivity contribution < 1.29 is 32.2 Å². The van der Waals surface area contributed by atoms with Gasteiger partial charge in [0.25, 0.3) is 0 Å². The molecule has 1 aromatic rings. The Morgan fingerprint density at radius 3 is 1.94 bits per heavy atom. The molecule has 3 nitrogen and oxygen atoms in total. The molecule has 0 bridgehead atoms. The first-order valence-corrected chi connectivity index (χ1v) is 4.92. The maximum absolute atomic E-state index is 13.5. The van der Waals surface area contributed by atoms with E-state index in [1.165, 1.54) is 6.92 Å². The van der Waals surface area contributed by atoms with Crippen molar-refractivity contribution in [2.24, 2.45) is 0 Å². The summed E-state index contributed by atoms with van der Waals surface area (Å²) in [5.41, 5.74) is -2.38. The van der Waals surface area contributed by atoms with E-state index in [1.54, 1.807) is 0 Å². The number of aliphatic hydroxyl groups excluding tert-OH is 1. The summed E-state index contributed by atoms with van der Waals surface area (Å²) < 4.78 is 57.8. The number of benzene rings is 1. The standard InChI is InChI=1S/C11H10F4O3/c1-4(16)3-5-7(12)9(14)6(11(17)18-2)10(15)8(5)13/h4,16H,3H2,1-2H3. The lowest BCUT2D eigenvalue weighted by atomic mass is 10.0. The van der Waals surface area contributed by atoms with Gasteiger partial charge in [-0.05, 0) is 6.92 Å². The zero-order valence-electron chi connectivity index (χ0n) is 9.56. The Hall–Kier alpha value is -1.63. The molecular weight excluding hydrogens is 256 g/mol. The van der Waals surface area contributed by atoms with Gasteiger partial charge in [0.1, 0.15) is 5.56 Å². The van der Waals surface area contributed by atoms with Crippen LogP contribution in [0.1, 0.15) is 22.8 Å². The molecule has 18 heavy (non-hydrogen) atoms. The van der Waals surface area contributed by atoms with Crippen LogP contribution in [0.3, 0.4) is 0 Å². The molecule has 1 aromatic carbocycles. The molecule has 0 saturated heterocycles. The number of methoxy groups -OCH3 is 1. The zero-order valence-corrected chi connectivity index (χ0v) is 9.56. The highest BCUT2D eigenvalue weighted by Crippen LogP contribution is 2.25. The van der Waals surface area contributed by atoms with E-state index < -0.39 is 52.9 Å². The number of rotatable bonds is 3. The molecule has 0 aliphatic heterocycles. The fourth-order valence-electron chi connectivity index (χ4n) is 1.43. The number of esters is 1. The quantitative estimate of drug-likeness (QED) is 0.516. The van der Waals surface area contributed by atoms with Gasteiger partial charge in [-0.25, -0.2) is 22.4 Å². The van der Waals surface area contributed by atoms with Crippen molar-refractivity contribution in [3.63, 3.8) is 0 Å². The average molecular weight is 266 g/mol. The predicted octanol–water partition coefficient (Wildman–Crippen LogP) is 1.95. The molecule has 0 aliphatic carbocycles. The summed E-state index contributed by atoms with van der Waals surface area (Å²) in [4.78, 5) is 11.0. The second-order valence-corrected chi connectivity index (χ2v) is 3.65. The second kappa shape index (κ2) is 5.34. The number of hydrogen-bond donors (Lipinski definition) is 1. The van der Waals surface area contributed by atoms with Crippen LogP contribution in [0.4, 0.5) is 17.6 Å². The van der Waals surface area contributed by atoms with E-state index in [0.717, 1.165) is 7.11 Å². The van der Waals surface area contributed by atoms with Crippen LogP contribution in [-0.2, 0) is 11.2 Å². The van der Waals surface area contributed by atoms with Crippen molar-refractivity contribution in [1.29, 1.82) is 0 Å². The topological polar surface area (TPSA) is 46.5 Å². The lowest BCUT2D eigenvalue weighted by molar-refractivity contribution is 0.0586. The number of aliphatic hydroxyl groups is 1. The normalized spacial score (nSPS) is 12.4. The van der Waals surface area contributed by atoms with E-state index in [-0.39, 0.29) is 0 Å². The van der Waals surface area contributed by atoms with E-state index in [4.69, 9.17) is 5.11 Å². The van der Waals surface area contributed by atoms with E-state index in [0.29, 0.717) is 0 Å². The highest BCUT2D eigenvalue weighted by molar-refractivity contribution is 5.90. The SMILES string of the molecule is COC(=O)c1c(F)c(F)c(CC(C)O)c(F)c1F. The van der Waals surface area contributed by atoms with Gasteiger partial charge >= 0.3 is 5.97 Å². The van der Waals surface area contributed by atoms with Gasteiger partial charge in [0.2, 0.25) is 0 Å². The van der Waals surface area contributed by atoms with Crippen LogP contribution >= 0.6 is 0 Å². The lowest BCUT2D eigenvalue weighted by Gasteiger charge is -2.11. The molecule has 0 saturated carbocycles. The molecule has 7 heteroatoms. The van der Waals surface area contributed by atoms with Crippen LogP contribution in [0.25, 0.3) is 0 Å². The Balaban J connectivity index is 3.50. The molecule has 0 aliphatic rings. The first kappa shape index (κ1) is 14.4. The molecule has 1 atom stereocenters. The summed E-state index contributed by atoms with van der Waals surface area (Å²) >= 11 is 0. The van der Waals surface area contributed by atoms with Crippen molar-refractivity contribution >= 4 is 5.97 Å². The smallest absolute Gasteiger partial charge is 0.344 e. The zero-order chi connectivity index (χ0) is 14.0. The summed E-state index contributed by atoms with van der Waals surface area (Å²) in [7, 11) is 0.820. The highest BCUT2D eigenvalue weighted by atomic mass is 19.2. The fraction of sp³-hybridized carbons (Fsp3) is 0.364. The summed E-state index contributed by atoms with van der Waals surface area (Å²) in [5, 5.41) is 8.99. The van der Waals surface area contributed by atoms with E-state index >= 15 is 0 Å². The highest BCUT2D eigenvalue weighted by Gasteiger charge is 2.30. The van der Waals surface area contributed by atoms with Gasteiger partial charge in [-0.15, -0.1) is 0 Å². The Morgan fingerprint density at radius 1 is 1.17 bits per heavy atom. The maximum Gasteiger partial charge on any atom is 0.344 e. The number of ether oxygens (including phenoxy) is 1. The van der Waals surface area contributed by atoms with E-state index in [2.05, 4.69) is 4.74 Å². The Kier molecular flexibility index (Phi) is 4.28. The Bertz CT molecular complexity index is 457. The van der Waals surface area contributed by atoms with Crippen LogP contribution in [-0.4, -0.2) is 24.3 Å². The van der Waals surface area contributed by atoms with Gasteiger partial charge in [-0.2, -0.15) is 0 Å². The Labute approximate surface area is 100.0 Å². The van der Waals surface area contributed by atoms with Crippen molar-refractivity contribution in [2.45, 2.75) is 19.4 Å². The molecule has 0 fully saturated rings. The molecule has 0 heterocycles. The molecule has 1 rings (SSSR count). The van der Waals surface area contributed by atoms with Gasteiger partial charge in [-0.1, -0.05) is 0 Å². The lowest BCUT2D eigenvalue weighted by Crippen LogP contribution is -2.17. The molecule has 1 unspecified atom stereocenters. The third-order valence-corrected chi connectivity index (χ3v) is 2.24. The van der Waals surface area contributed by atoms with Crippen molar-refractivity contribution in [1.82, 2.24) is 0 Å². The molecular formula is C11H10F4O3. The fourth-order valence-corrected chi connectivity index (χ4v) is 1.43. The largest absolute Gasteiger partial charge is 0.465 e. The first-order chi connectivity index (χ1) is 8.31. The van der Waals surface area contributed by atoms with Crippen molar-refractivity contribution in [2.75, 3.05) is 7.11 Å². The van der Waals surface area contributed by atoms with Gasteiger partial charge < -0.3 is 9.84 Å². The van der Waals surface area contributed by atoms with Gasteiger partial charge in [0.15, 0.2) is 23.3 Å².